The molecule has 1 aromatic heterocycles. The van der Waals surface area contributed by atoms with Crippen molar-refractivity contribution >= 4 is 17.0 Å². The van der Waals surface area contributed by atoms with E-state index < -0.39 is 6.10 Å². The van der Waals surface area contributed by atoms with Gasteiger partial charge in [-0.1, -0.05) is 30.3 Å². The minimum Gasteiger partial charge on any atom is -0.387 e. The van der Waals surface area contributed by atoms with Gasteiger partial charge < -0.3 is 10.0 Å². The molecule has 0 saturated carbocycles. The van der Waals surface area contributed by atoms with Gasteiger partial charge in [-0.3, -0.25) is 0 Å². The highest BCUT2D eigenvalue weighted by Gasteiger charge is 2.10. The standard InChI is InChI=1S/C13H15NOS/c1-14(12-7-8-16-10-12)9-13(15)11-5-3-2-4-6-11/h2-8,10,13,15H,9H2,1H3. The topological polar surface area (TPSA) is 23.5 Å². The molecule has 0 aliphatic heterocycles. The number of hydrogen-bond acceptors (Lipinski definition) is 3. The largest absolute Gasteiger partial charge is 0.387 e. The van der Waals surface area contributed by atoms with Gasteiger partial charge in [0.2, 0.25) is 0 Å². The highest BCUT2D eigenvalue weighted by Crippen LogP contribution is 2.20. The number of likely N-dealkylation sites (N-methyl/N-ethyl adjacent to an activating group) is 1. The van der Waals surface area contributed by atoms with E-state index in [2.05, 4.69) is 16.3 Å². The first-order valence-corrected chi connectivity index (χ1v) is 6.18. The van der Waals surface area contributed by atoms with Gasteiger partial charge in [-0.2, -0.15) is 11.3 Å². The molecule has 84 valence electrons. The van der Waals surface area contributed by atoms with Crippen molar-refractivity contribution in [2.24, 2.45) is 0 Å². The van der Waals surface area contributed by atoms with Crippen molar-refractivity contribution in [3.8, 4) is 0 Å². The van der Waals surface area contributed by atoms with Crippen molar-refractivity contribution in [3.63, 3.8) is 0 Å². The minimum atomic E-state index is -0.439. The maximum absolute atomic E-state index is 10.1. The van der Waals surface area contributed by atoms with Gasteiger partial charge in [0, 0.05) is 24.7 Å². The molecule has 3 heteroatoms. The van der Waals surface area contributed by atoms with Gasteiger partial charge in [0.15, 0.2) is 0 Å². The van der Waals surface area contributed by atoms with Crippen LogP contribution in [0.15, 0.2) is 47.2 Å². The summed E-state index contributed by atoms with van der Waals surface area (Å²) in [6, 6.07) is 11.8. The summed E-state index contributed by atoms with van der Waals surface area (Å²) in [6.45, 7) is 0.612. The molecule has 1 N–H and O–H groups in total. The zero-order chi connectivity index (χ0) is 11.4. The van der Waals surface area contributed by atoms with Gasteiger partial charge >= 0.3 is 0 Å². The molecular formula is C13H15NOS. The summed E-state index contributed by atoms with van der Waals surface area (Å²) < 4.78 is 0. The Hall–Kier alpha value is -1.32. The Morgan fingerprint density at radius 1 is 1.25 bits per heavy atom. The lowest BCUT2D eigenvalue weighted by Gasteiger charge is -2.21. The molecule has 0 fully saturated rings. The first-order valence-electron chi connectivity index (χ1n) is 5.23. The molecule has 16 heavy (non-hydrogen) atoms. The van der Waals surface area contributed by atoms with Crippen LogP contribution in [-0.2, 0) is 0 Å². The predicted molar refractivity (Wildman–Crippen MR) is 69.0 cm³/mol. The van der Waals surface area contributed by atoms with Crippen molar-refractivity contribution in [2.45, 2.75) is 6.10 Å². The Morgan fingerprint density at radius 3 is 2.62 bits per heavy atom. The molecule has 1 atom stereocenters. The van der Waals surface area contributed by atoms with Crippen LogP contribution in [0.4, 0.5) is 5.69 Å². The summed E-state index contributed by atoms with van der Waals surface area (Å²) in [6.07, 6.45) is -0.439. The van der Waals surface area contributed by atoms with Crippen molar-refractivity contribution in [1.82, 2.24) is 0 Å². The van der Waals surface area contributed by atoms with E-state index in [0.717, 1.165) is 11.3 Å². The average Bonchev–Trinajstić information content (AvgIpc) is 2.83. The summed E-state index contributed by atoms with van der Waals surface area (Å²) >= 11 is 1.67. The first kappa shape index (κ1) is 11.2. The second-order valence-corrected chi connectivity index (χ2v) is 4.57. The number of thiophene rings is 1. The summed E-state index contributed by atoms with van der Waals surface area (Å²) in [5.41, 5.74) is 2.12. The molecule has 1 aromatic carbocycles. The summed E-state index contributed by atoms with van der Waals surface area (Å²) in [5.74, 6) is 0. The average molecular weight is 233 g/mol. The molecule has 2 aromatic rings. The minimum absolute atomic E-state index is 0.439. The molecule has 0 saturated heterocycles. The number of nitrogens with zero attached hydrogens (tertiary/aromatic N) is 1. The van der Waals surface area contributed by atoms with E-state index in [9.17, 15) is 5.11 Å². The monoisotopic (exact) mass is 233 g/mol. The smallest absolute Gasteiger partial charge is 0.0964 e. The number of rotatable bonds is 4. The summed E-state index contributed by atoms with van der Waals surface area (Å²) in [7, 11) is 1.99. The Balaban J connectivity index is 2.00. The third-order valence-corrected chi connectivity index (χ3v) is 3.25. The lowest BCUT2D eigenvalue weighted by molar-refractivity contribution is 0.185. The Bertz CT molecular complexity index is 413. The van der Waals surface area contributed by atoms with Crippen LogP contribution in [0.1, 0.15) is 11.7 Å². The molecule has 2 rings (SSSR count). The van der Waals surface area contributed by atoms with E-state index in [1.54, 1.807) is 11.3 Å². The van der Waals surface area contributed by atoms with Crippen LogP contribution >= 0.6 is 11.3 Å². The first-order chi connectivity index (χ1) is 7.77. The molecule has 0 bridgehead atoms. The van der Waals surface area contributed by atoms with Crippen LogP contribution < -0.4 is 4.90 Å². The van der Waals surface area contributed by atoms with Gasteiger partial charge in [-0.15, -0.1) is 0 Å². The molecule has 2 nitrogen and oxygen atoms in total. The predicted octanol–water partition coefficient (Wildman–Crippen LogP) is 2.92. The number of aliphatic hydroxyl groups is 1. The number of benzene rings is 1. The fourth-order valence-electron chi connectivity index (χ4n) is 1.62. The fraction of sp³-hybridized carbons (Fsp3) is 0.231. The Morgan fingerprint density at radius 2 is 2.00 bits per heavy atom. The van der Waals surface area contributed by atoms with Crippen LogP contribution in [0.25, 0.3) is 0 Å². The van der Waals surface area contributed by atoms with Crippen molar-refractivity contribution in [2.75, 3.05) is 18.5 Å². The molecule has 0 spiro atoms. The second-order valence-electron chi connectivity index (χ2n) is 3.79. The van der Waals surface area contributed by atoms with Gasteiger partial charge in [-0.05, 0) is 17.0 Å². The third-order valence-electron chi connectivity index (χ3n) is 2.58. The Kier molecular flexibility index (Phi) is 3.59. The zero-order valence-corrected chi connectivity index (χ0v) is 10.0. The van der Waals surface area contributed by atoms with E-state index >= 15 is 0 Å². The summed E-state index contributed by atoms with van der Waals surface area (Å²) in [5, 5.41) is 14.2. The number of aliphatic hydroxyl groups excluding tert-OH is 1. The van der Waals surface area contributed by atoms with E-state index in [4.69, 9.17) is 0 Å². The van der Waals surface area contributed by atoms with Crippen molar-refractivity contribution in [3.05, 3.63) is 52.7 Å². The molecule has 0 aliphatic rings. The van der Waals surface area contributed by atoms with Crippen LogP contribution in [0.2, 0.25) is 0 Å². The van der Waals surface area contributed by atoms with E-state index in [1.165, 1.54) is 0 Å². The van der Waals surface area contributed by atoms with Gasteiger partial charge in [0.05, 0.1) is 6.10 Å². The maximum atomic E-state index is 10.1. The maximum Gasteiger partial charge on any atom is 0.0964 e. The van der Waals surface area contributed by atoms with Gasteiger partial charge in [0.25, 0.3) is 0 Å². The summed E-state index contributed by atoms with van der Waals surface area (Å²) in [4.78, 5) is 2.06. The molecule has 1 heterocycles. The number of anilines is 1. The lowest BCUT2D eigenvalue weighted by atomic mass is 10.1. The quantitative estimate of drug-likeness (QED) is 0.877. The third kappa shape index (κ3) is 2.62. The fourth-order valence-corrected chi connectivity index (χ4v) is 2.31. The van der Waals surface area contributed by atoms with Gasteiger partial charge in [-0.25, -0.2) is 0 Å². The molecule has 0 aliphatic carbocycles. The molecule has 0 radical (unpaired) electrons. The molecular weight excluding hydrogens is 218 g/mol. The van der Waals surface area contributed by atoms with E-state index in [1.807, 2.05) is 42.8 Å². The number of hydrogen-bond donors (Lipinski definition) is 1. The normalized spacial score (nSPS) is 12.4. The van der Waals surface area contributed by atoms with Crippen LogP contribution in [-0.4, -0.2) is 18.7 Å². The van der Waals surface area contributed by atoms with Crippen LogP contribution in [0.3, 0.4) is 0 Å². The van der Waals surface area contributed by atoms with E-state index in [-0.39, 0.29) is 0 Å². The highest BCUT2D eigenvalue weighted by molar-refractivity contribution is 7.08. The molecule has 0 amide bonds. The lowest BCUT2D eigenvalue weighted by Crippen LogP contribution is -2.23. The SMILES string of the molecule is CN(CC(O)c1ccccc1)c1ccsc1. The van der Waals surface area contributed by atoms with E-state index in [0.29, 0.717) is 6.54 Å². The highest BCUT2D eigenvalue weighted by atomic mass is 32.1. The van der Waals surface area contributed by atoms with Crippen LogP contribution in [0, 0.1) is 0 Å². The van der Waals surface area contributed by atoms with Crippen LogP contribution in [0.5, 0.6) is 0 Å². The van der Waals surface area contributed by atoms with Crippen molar-refractivity contribution < 1.29 is 5.11 Å². The van der Waals surface area contributed by atoms with Crippen molar-refractivity contribution in [1.29, 1.82) is 0 Å². The zero-order valence-electron chi connectivity index (χ0n) is 9.21. The molecule has 1 unspecified atom stereocenters. The van der Waals surface area contributed by atoms with Gasteiger partial charge in [0.1, 0.15) is 0 Å². The Labute approximate surface area is 99.8 Å². The second kappa shape index (κ2) is 5.14.